The first-order valence-electron chi connectivity index (χ1n) is 6.22. The van der Waals surface area contributed by atoms with Gasteiger partial charge in [0.25, 0.3) is 0 Å². The number of nitrogens with one attached hydrogen (secondary N) is 2. The van der Waals surface area contributed by atoms with E-state index in [0.29, 0.717) is 31.8 Å². The molecule has 6 nitrogen and oxygen atoms in total. The molecule has 1 aromatic heterocycles. The quantitative estimate of drug-likeness (QED) is 0.815. The molecule has 1 fully saturated rings. The van der Waals surface area contributed by atoms with Crippen molar-refractivity contribution in [3.63, 3.8) is 0 Å². The molecule has 0 spiro atoms. The number of carbonyl (C=O) groups is 2. The van der Waals surface area contributed by atoms with Crippen molar-refractivity contribution in [2.75, 3.05) is 13.7 Å². The van der Waals surface area contributed by atoms with Crippen molar-refractivity contribution in [1.82, 2.24) is 15.6 Å². The van der Waals surface area contributed by atoms with Gasteiger partial charge in [-0.15, -0.1) is 0 Å². The van der Waals surface area contributed by atoms with E-state index >= 15 is 0 Å². The highest BCUT2D eigenvalue weighted by molar-refractivity contribution is 5.83. The van der Waals surface area contributed by atoms with Gasteiger partial charge in [-0.1, -0.05) is 6.07 Å². The summed E-state index contributed by atoms with van der Waals surface area (Å²) in [6.45, 7) is 0.853. The molecule has 2 N–H and O–H groups in total. The average molecular weight is 263 g/mol. The lowest BCUT2D eigenvalue weighted by Crippen LogP contribution is -2.42. The molecule has 2 heterocycles. The molecule has 6 heteroatoms. The van der Waals surface area contributed by atoms with Gasteiger partial charge in [0.05, 0.1) is 13.0 Å². The molecule has 1 atom stereocenters. The number of methoxy groups -OCH3 is 1. The zero-order chi connectivity index (χ0) is 13.7. The van der Waals surface area contributed by atoms with Gasteiger partial charge in [0.15, 0.2) is 0 Å². The van der Waals surface area contributed by atoms with Gasteiger partial charge in [0.1, 0.15) is 0 Å². The second-order valence-corrected chi connectivity index (χ2v) is 4.47. The van der Waals surface area contributed by atoms with Crippen LogP contribution in [0.5, 0.6) is 5.88 Å². The van der Waals surface area contributed by atoms with Crippen LogP contribution in [0, 0.1) is 5.92 Å². The van der Waals surface area contributed by atoms with E-state index in [1.54, 1.807) is 19.4 Å². The summed E-state index contributed by atoms with van der Waals surface area (Å²) in [5.41, 5.74) is 0.911. The molecule has 0 radical (unpaired) electrons. The molecule has 1 aromatic rings. The standard InChI is InChI=1S/C13H17N3O3/c1-19-12-5-2-9(6-15-12)7-16-13(18)10-3-4-11(17)14-8-10/h2,5-6,10H,3-4,7-8H2,1H3,(H,14,17)(H,16,18). The summed E-state index contributed by atoms with van der Waals surface area (Å²) in [5, 5.41) is 5.55. The zero-order valence-corrected chi connectivity index (χ0v) is 10.8. The minimum Gasteiger partial charge on any atom is -0.481 e. The fourth-order valence-electron chi connectivity index (χ4n) is 1.93. The summed E-state index contributed by atoms with van der Waals surface area (Å²) >= 11 is 0. The number of hydrogen-bond acceptors (Lipinski definition) is 4. The maximum atomic E-state index is 11.9. The van der Waals surface area contributed by atoms with Gasteiger partial charge in [0, 0.05) is 31.8 Å². The Morgan fingerprint density at radius 3 is 3.00 bits per heavy atom. The van der Waals surface area contributed by atoms with Crippen LogP contribution in [0.4, 0.5) is 0 Å². The second-order valence-electron chi connectivity index (χ2n) is 4.47. The molecule has 1 unspecified atom stereocenters. The number of carbonyl (C=O) groups excluding carboxylic acids is 2. The van der Waals surface area contributed by atoms with Crippen LogP contribution in [0.1, 0.15) is 18.4 Å². The molecule has 1 saturated heterocycles. The van der Waals surface area contributed by atoms with Gasteiger partial charge >= 0.3 is 0 Å². The van der Waals surface area contributed by atoms with Crippen molar-refractivity contribution in [3.8, 4) is 5.88 Å². The van der Waals surface area contributed by atoms with Crippen LogP contribution in [0.3, 0.4) is 0 Å². The molecule has 1 aliphatic heterocycles. The Morgan fingerprint density at radius 1 is 1.58 bits per heavy atom. The molecule has 102 valence electrons. The lowest BCUT2D eigenvalue weighted by molar-refractivity contribution is -0.129. The van der Waals surface area contributed by atoms with Gasteiger partial charge in [-0.25, -0.2) is 4.98 Å². The minimum atomic E-state index is -0.135. The number of amides is 2. The van der Waals surface area contributed by atoms with E-state index in [1.807, 2.05) is 6.07 Å². The zero-order valence-electron chi connectivity index (χ0n) is 10.8. The third-order valence-electron chi connectivity index (χ3n) is 3.11. The normalized spacial score (nSPS) is 18.6. The summed E-state index contributed by atoms with van der Waals surface area (Å²) in [5.74, 6) is 0.396. The van der Waals surface area contributed by atoms with Crippen molar-refractivity contribution < 1.29 is 14.3 Å². The Hall–Kier alpha value is -2.11. The molecule has 1 aliphatic rings. The summed E-state index contributed by atoms with van der Waals surface area (Å²) in [4.78, 5) is 27.0. The lowest BCUT2D eigenvalue weighted by atomic mass is 9.98. The van der Waals surface area contributed by atoms with Crippen LogP contribution in [0.15, 0.2) is 18.3 Å². The third kappa shape index (κ3) is 3.67. The molecule has 0 saturated carbocycles. The first-order valence-corrected chi connectivity index (χ1v) is 6.22. The maximum Gasteiger partial charge on any atom is 0.225 e. The number of hydrogen-bond donors (Lipinski definition) is 2. The SMILES string of the molecule is COc1ccc(CNC(=O)C2CCC(=O)NC2)cn1. The first-order chi connectivity index (χ1) is 9.19. The van der Waals surface area contributed by atoms with Gasteiger partial charge in [-0.3, -0.25) is 9.59 Å². The van der Waals surface area contributed by atoms with Crippen molar-refractivity contribution >= 4 is 11.8 Å². The van der Waals surface area contributed by atoms with Gasteiger partial charge in [0.2, 0.25) is 17.7 Å². The van der Waals surface area contributed by atoms with Gasteiger partial charge in [-0.2, -0.15) is 0 Å². The summed E-state index contributed by atoms with van der Waals surface area (Å²) in [6, 6.07) is 3.61. The van der Waals surface area contributed by atoms with Gasteiger partial charge < -0.3 is 15.4 Å². The highest BCUT2D eigenvalue weighted by Gasteiger charge is 2.23. The monoisotopic (exact) mass is 263 g/mol. The van der Waals surface area contributed by atoms with E-state index in [9.17, 15) is 9.59 Å². The Morgan fingerprint density at radius 2 is 2.42 bits per heavy atom. The van der Waals surface area contributed by atoms with Gasteiger partial charge in [-0.05, 0) is 12.0 Å². The first kappa shape index (κ1) is 13.3. The largest absolute Gasteiger partial charge is 0.481 e. The molecular formula is C13H17N3O3. The Kier molecular flexibility index (Phi) is 4.33. The summed E-state index contributed by atoms with van der Waals surface area (Å²) in [6.07, 6.45) is 2.70. The predicted molar refractivity (Wildman–Crippen MR) is 68.4 cm³/mol. The van der Waals surface area contributed by atoms with E-state index in [0.717, 1.165) is 5.56 Å². The number of aromatic nitrogens is 1. The topological polar surface area (TPSA) is 80.3 Å². The van der Waals surface area contributed by atoms with Crippen LogP contribution < -0.4 is 15.4 Å². The van der Waals surface area contributed by atoms with Crippen LogP contribution in [-0.2, 0) is 16.1 Å². The van der Waals surface area contributed by atoms with E-state index < -0.39 is 0 Å². The predicted octanol–water partition coefficient (Wildman–Crippen LogP) is 0.233. The van der Waals surface area contributed by atoms with Crippen LogP contribution in [0.2, 0.25) is 0 Å². The molecule has 0 bridgehead atoms. The van der Waals surface area contributed by atoms with E-state index in [1.165, 1.54) is 0 Å². The minimum absolute atomic E-state index is 0.0170. The third-order valence-corrected chi connectivity index (χ3v) is 3.11. The molecule has 0 aromatic carbocycles. The second kappa shape index (κ2) is 6.17. The summed E-state index contributed by atoms with van der Waals surface area (Å²) < 4.78 is 4.96. The average Bonchev–Trinajstić information content (AvgIpc) is 2.46. The van der Waals surface area contributed by atoms with Crippen molar-refractivity contribution in [1.29, 1.82) is 0 Å². The smallest absolute Gasteiger partial charge is 0.225 e. The molecule has 2 rings (SSSR count). The van der Waals surface area contributed by atoms with Crippen LogP contribution >= 0.6 is 0 Å². The lowest BCUT2D eigenvalue weighted by Gasteiger charge is -2.21. The number of rotatable bonds is 4. The van der Waals surface area contributed by atoms with Crippen LogP contribution in [-0.4, -0.2) is 30.5 Å². The fourth-order valence-corrected chi connectivity index (χ4v) is 1.93. The molecular weight excluding hydrogens is 246 g/mol. The maximum absolute atomic E-state index is 11.9. The van der Waals surface area contributed by atoms with Crippen molar-refractivity contribution in [2.45, 2.75) is 19.4 Å². The number of pyridine rings is 1. The Bertz CT molecular complexity index is 449. The Balaban J connectivity index is 1.80. The van der Waals surface area contributed by atoms with Crippen molar-refractivity contribution in [3.05, 3.63) is 23.9 Å². The number of nitrogens with zero attached hydrogens (tertiary/aromatic N) is 1. The van der Waals surface area contributed by atoms with E-state index in [2.05, 4.69) is 15.6 Å². The highest BCUT2D eigenvalue weighted by Crippen LogP contribution is 2.11. The summed E-state index contributed by atoms with van der Waals surface area (Å²) in [7, 11) is 1.56. The molecule has 19 heavy (non-hydrogen) atoms. The fraction of sp³-hybridized carbons (Fsp3) is 0.462. The van der Waals surface area contributed by atoms with Crippen LogP contribution in [0.25, 0.3) is 0 Å². The highest BCUT2D eigenvalue weighted by atomic mass is 16.5. The van der Waals surface area contributed by atoms with Crippen molar-refractivity contribution in [2.24, 2.45) is 5.92 Å². The molecule has 0 aliphatic carbocycles. The van der Waals surface area contributed by atoms with E-state index in [4.69, 9.17) is 4.74 Å². The van der Waals surface area contributed by atoms with E-state index in [-0.39, 0.29) is 17.7 Å². The molecule has 2 amide bonds. The number of ether oxygens (including phenoxy) is 1. The number of piperidine rings is 1. The Labute approximate surface area is 111 Å².